The molecule has 3 amide bonds. The molecule has 0 aliphatic rings. The molecule has 154 valence electrons. The molecule has 0 heterocycles. The number of benzene rings is 2. The van der Waals surface area contributed by atoms with Crippen LogP contribution in [-0.2, 0) is 22.2 Å². The maximum atomic E-state index is 12.7. The minimum absolute atomic E-state index is 0.0193. The van der Waals surface area contributed by atoms with Crippen LogP contribution < -0.4 is 16.1 Å². The molecule has 0 aliphatic heterocycles. The van der Waals surface area contributed by atoms with Gasteiger partial charge in [0.25, 0.3) is 5.91 Å². The molecule has 29 heavy (non-hydrogen) atoms. The maximum Gasteiger partial charge on any atom is 0.416 e. The summed E-state index contributed by atoms with van der Waals surface area (Å²) in [4.78, 5) is 35.3. The lowest BCUT2D eigenvalue weighted by atomic mass is 10.0. The SMILES string of the molecule is CC(=O)NC(Cc1ccc(C(F)(F)F)cc1)C(=O)Nc1ccc(C(=O)NO)cc1. The Morgan fingerprint density at radius 3 is 2.07 bits per heavy atom. The third-order valence-corrected chi connectivity index (χ3v) is 3.93. The van der Waals surface area contributed by atoms with Crippen LogP contribution in [-0.4, -0.2) is 29.0 Å². The monoisotopic (exact) mass is 409 g/mol. The van der Waals surface area contributed by atoms with Crippen molar-refractivity contribution in [3.63, 3.8) is 0 Å². The zero-order valence-electron chi connectivity index (χ0n) is 15.2. The van der Waals surface area contributed by atoms with E-state index in [4.69, 9.17) is 5.21 Å². The molecular weight excluding hydrogens is 391 g/mol. The fraction of sp³-hybridized carbons (Fsp3) is 0.211. The van der Waals surface area contributed by atoms with Crippen molar-refractivity contribution in [2.75, 3.05) is 5.32 Å². The number of carbonyl (C=O) groups excluding carboxylic acids is 3. The first-order chi connectivity index (χ1) is 13.6. The topological polar surface area (TPSA) is 108 Å². The van der Waals surface area contributed by atoms with Crippen LogP contribution in [0.1, 0.15) is 28.4 Å². The van der Waals surface area contributed by atoms with Crippen molar-refractivity contribution in [3.8, 4) is 0 Å². The summed E-state index contributed by atoms with van der Waals surface area (Å²) >= 11 is 0. The van der Waals surface area contributed by atoms with Crippen molar-refractivity contribution in [2.45, 2.75) is 25.6 Å². The zero-order chi connectivity index (χ0) is 21.6. The number of halogens is 3. The summed E-state index contributed by atoms with van der Waals surface area (Å²) < 4.78 is 38.0. The third kappa shape index (κ3) is 6.32. The lowest BCUT2D eigenvalue weighted by Gasteiger charge is -2.18. The average molecular weight is 409 g/mol. The quantitative estimate of drug-likeness (QED) is 0.434. The van der Waals surface area contributed by atoms with E-state index in [1.807, 2.05) is 0 Å². The van der Waals surface area contributed by atoms with Crippen LogP contribution in [0.2, 0.25) is 0 Å². The van der Waals surface area contributed by atoms with Crippen LogP contribution >= 0.6 is 0 Å². The van der Waals surface area contributed by atoms with E-state index in [9.17, 15) is 27.6 Å². The van der Waals surface area contributed by atoms with Gasteiger partial charge in [-0.25, -0.2) is 5.48 Å². The minimum atomic E-state index is -4.47. The molecule has 0 saturated carbocycles. The Hall–Kier alpha value is -3.40. The molecule has 1 unspecified atom stereocenters. The van der Waals surface area contributed by atoms with Crippen LogP contribution in [0.3, 0.4) is 0 Å². The van der Waals surface area contributed by atoms with Crippen molar-refractivity contribution in [2.24, 2.45) is 0 Å². The number of hydroxylamine groups is 1. The molecule has 7 nitrogen and oxygen atoms in total. The van der Waals surface area contributed by atoms with Gasteiger partial charge in [-0.05, 0) is 42.0 Å². The number of nitrogens with one attached hydrogen (secondary N) is 3. The van der Waals surface area contributed by atoms with E-state index in [1.165, 1.54) is 48.8 Å². The van der Waals surface area contributed by atoms with Gasteiger partial charge in [0.2, 0.25) is 11.8 Å². The Kier molecular flexibility index (Phi) is 6.94. The van der Waals surface area contributed by atoms with Gasteiger partial charge in [-0.2, -0.15) is 13.2 Å². The molecule has 0 bridgehead atoms. The fourth-order valence-electron chi connectivity index (χ4n) is 2.52. The number of alkyl halides is 3. The van der Waals surface area contributed by atoms with Gasteiger partial charge in [0, 0.05) is 24.6 Å². The maximum absolute atomic E-state index is 12.7. The zero-order valence-corrected chi connectivity index (χ0v) is 15.2. The molecule has 0 fully saturated rings. The van der Waals surface area contributed by atoms with Crippen molar-refractivity contribution in [3.05, 3.63) is 65.2 Å². The highest BCUT2D eigenvalue weighted by atomic mass is 19.4. The van der Waals surface area contributed by atoms with E-state index in [-0.39, 0.29) is 12.0 Å². The third-order valence-electron chi connectivity index (χ3n) is 3.93. The molecule has 2 aromatic carbocycles. The van der Waals surface area contributed by atoms with Gasteiger partial charge in [-0.15, -0.1) is 0 Å². The highest BCUT2D eigenvalue weighted by Gasteiger charge is 2.30. The van der Waals surface area contributed by atoms with Crippen LogP contribution in [0.5, 0.6) is 0 Å². The molecule has 0 aliphatic carbocycles. The first-order valence-electron chi connectivity index (χ1n) is 8.38. The molecule has 10 heteroatoms. The molecule has 2 rings (SSSR count). The number of hydrogen-bond acceptors (Lipinski definition) is 4. The number of rotatable bonds is 6. The molecule has 0 radical (unpaired) electrons. The molecule has 0 spiro atoms. The van der Waals surface area contributed by atoms with Gasteiger partial charge in [0.05, 0.1) is 5.56 Å². The second kappa shape index (κ2) is 9.20. The summed E-state index contributed by atoms with van der Waals surface area (Å²) in [6.45, 7) is 1.22. The van der Waals surface area contributed by atoms with E-state index in [2.05, 4.69) is 10.6 Å². The van der Waals surface area contributed by atoms with Gasteiger partial charge in [0.1, 0.15) is 6.04 Å². The van der Waals surface area contributed by atoms with E-state index < -0.39 is 35.5 Å². The number of amides is 3. The van der Waals surface area contributed by atoms with E-state index >= 15 is 0 Å². The van der Waals surface area contributed by atoms with Crippen molar-refractivity contribution in [1.29, 1.82) is 0 Å². The number of carbonyl (C=O) groups is 3. The van der Waals surface area contributed by atoms with Crippen LogP contribution in [0.25, 0.3) is 0 Å². The Morgan fingerprint density at radius 2 is 1.59 bits per heavy atom. The summed E-state index contributed by atoms with van der Waals surface area (Å²) in [6, 6.07) is 8.85. The second-order valence-corrected chi connectivity index (χ2v) is 6.16. The predicted octanol–water partition coefficient (Wildman–Crippen LogP) is 2.51. The van der Waals surface area contributed by atoms with Crippen LogP contribution in [0, 0.1) is 0 Å². The predicted molar refractivity (Wildman–Crippen MR) is 97.1 cm³/mol. The Bertz CT molecular complexity index is 881. The Balaban J connectivity index is 2.11. The van der Waals surface area contributed by atoms with E-state index in [0.717, 1.165) is 12.1 Å². The molecule has 1 atom stereocenters. The van der Waals surface area contributed by atoms with E-state index in [0.29, 0.717) is 11.3 Å². The largest absolute Gasteiger partial charge is 0.416 e. The molecule has 0 aromatic heterocycles. The Morgan fingerprint density at radius 1 is 1.00 bits per heavy atom. The van der Waals surface area contributed by atoms with Gasteiger partial charge in [-0.1, -0.05) is 12.1 Å². The van der Waals surface area contributed by atoms with Gasteiger partial charge >= 0.3 is 6.18 Å². The van der Waals surface area contributed by atoms with Crippen molar-refractivity contribution in [1.82, 2.24) is 10.8 Å². The van der Waals surface area contributed by atoms with E-state index in [1.54, 1.807) is 0 Å². The highest BCUT2D eigenvalue weighted by molar-refractivity contribution is 5.98. The van der Waals surface area contributed by atoms with Crippen molar-refractivity contribution < 1.29 is 32.8 Å². The van der Waals surface area contributed by atoms with Gasteiger partial charge in [-0.3, -0.25) is 19.6 Å². The average Bonchev–Trinajstić information content (AvgIpc) is 2.66. The fourth-order valence-corrected chi connectivity index (χ4v) is 2.52. The first-order valence-corrected chi connectivity index (χ1v) is 8.38. The van der Waals surface area contributed by atoms with Crippen molar-refractivity contribution >= 4 is 23.4 Å². The molecule has 4 N–H and O–H groups in total. The summed E-state index contributed by atoms with van der Waals surface area (Å²) in [6.07, 6.45) is -4.49. The number of anilines is 1. The normalized spacial score (nSPS) is 12.0. The Labute approximate surface area is 163 Å². The van der Waals surface area contributed by atoms with Gasteiger partial charge < -0.3 is 10.6 Å². The summed E-state index contributed by atoms with van der Waals surface area (Å²) in [5.41, 5.74) is 1.59. The molecule has 0 saturated heterocycles. The highest BCUT2D eigenvalue weighted by Crippen LogP contribution is 2.29. The van der Waals surface area contributed by atoms with Crippen LogP contribution in [0.15, 0.2) is 48.5 Å². The lowest BCUT2D eigenvalue weighted by Crippen LogP contribution is -2.44. The minimum Gasteiger partial charge on any atom is -0.344 e. The number of hydrogen-bond donors (Lipinski definition) is 4. The smallest absolute Gasteiger partial charge is 0.344 e. The first kappa shape index (κ1) is 21.9. The summed E-state index contributed by atoms with van der Waals surface area (Å²) in [7, 11) is 0. The lowest BCUT2D eigenvalue weighted by molar-refractivity contribution is -0.137. The molecular formula is C19H18F3N3O4. The van der Waals surface area contributed by atoms with Gasteiger partial charge in [0.15, 0.2) is 0 Å². The summed E-state index contributed by atoms with van der Waals surface area (Å²) in [5.74, 6) is -1.78. The second-order valence-electron chi connectivity index (χ2n) is 6.16. The standard InChI is InChI=1S/C19H18F3N3O4/c1-11(26)23-16(10-12-2-6-14(7-3-12)19(20,21)22)18(28)24-15-8-4-13(5-9-15)17(27)25-29/h2-9,16,29H,10H2,1H3,(H,23,26)(H,24,28)(H,25,27). The summed E-state index contributed by atoms with van der Waals surface area (Å²) in [5, 5.41) is 13.6. The van der Waals surface area contributed by atoms with Crippen LogP contribution in [0.4, 0.5) is 18.9 Å². The molecule has 2 aromatic rings.